The Labute approximate surface area is 152 Å². The molecule has 136 valence electrons. The zero-order valence-corrected chi connectivity index (χ0v) is 14.6. The van der Waals surface area contributed by atoms with Crippen LogP contribution in [-0.2, 0) is 16.0 Å². The Hall–Kier alpha value is -2.24. The largest absolute Gasteiger partial charge is 0.368 e. The minimum absolute atomic E-state index is 0.00442. The van der Waals surface area contributed by atoms with Crippen LogP contribution in [0.4, 0.5) is 4.39 Å². The lowest BCUT2D eigenvalue weighted by Gasteiger charge is -2.39. The van der Waals surface area contributed by atoms with Crippen LogP contribution in [0.25, 0.3) is 0 Å². The Morgan fingerprint density at radius 1 is 1.19 bits per heavy atom. The zero-order chi connectivity index (χ0) is 18.1. The Morgan fingerprint density at radius 2 is 1.96 bits per heavy atom. The highest BCUT2D eigenvalue weighted by Crippen LogP contribution is 2.36. The van der Waals surface area contributed by atoms with E-state index in [2.05, 4.69) is 12.1 Å². The summed E-state index contributed by atoms with van der Waals surface area (Å²) in [5.74, 6) is -0.0317. The molecular weight excluding hydrogens is 331 g/mol. The summed E-state index contributed by atoms with van der Waals surface area (Å²) in [4.78, 5) is 15.1. The number of amides is 1. The van der Waals surface area contributed by atoms with Crippen molar-refractivity contribution in [3.8, 4) is 0 Å². The molecule has 4 rings (SSSR count). The summed E-state index contributed by atoms with van der Waals surface area (Å²) in [5, 5.41) is 0. The maximum Gasteiger partial charge on any atom is 0.252 e. The zero-order valence-electron chi connectivity index (χ0n) is 14.6. The summed E-state index contributed by atoms with van der Waals surface area (Å²) in [6.07, 6.45) is 1.05. The number of rotatable bonds is 3. The highest BCUT2D eigenvalue weighted by atomic mass is 19.1. The van der Waals surface area contributed by atoms with Crippen molar-refractivity contribution < 1.29 is 13.9 Å². The quantitative estimate of drug-likeness (QED) is 0.922. The number of ether oxygens (including phenoxy) is 1. The van der Waals surface area contributed by atoms with E-state index in [4.69, 9.17) is 10.5 Å². The van der Waals surface area contributed by atoms with Gasteiger partial charge in [0.2, 0.25) is 0 Å². The molecule has 3 atom stereocenters. The maximum atomic E-state index is 13.4. The van der Waals surface area contributed by atoms with E-state index in [0.29, 0.717) is 26.1 Å². The SMILES string of the molecule is NC[C@@H]1CO[C@H](C(=O)N2CCc3ccccc3[C@@H]2c2ccc(F)cc2)C1. The minimum Gasteiger partial charge on any atom is -0.368 e. The van der Waals surface area contributed by atoms with Crippen LogP contribution in [0.2, 0.25) is 0 Å². The van der Waals surface area contributed by atoms with Gasteiger partial charge >= 0.3 is 0 Å². The Balaban J connectivity index is 1.69. The summed E-state index contributed by atoms with van der Waals surface area (Å²) >= 11 is 0. The van der Waals surface area contributed by atoms with Crippen LogP contribution in [0.15, 0.2) is 48.5 Å². The Bertz CT molecular complexity index is 793. The van der Waals surface area contributed by atoms with Crippen molar-refractivity contribution >= 4 is 5.91 Å². The number of nitrogens with two attached hydrogens (primary N) is 1. The second kappa shape index (κ2) is 7.17. The molecule has 1 amide bonds. The molecule has 0 saturated carbocycles. The highest BCUT2D eigenvalue weighted by molar-refractivity contribution is 5.82. The van der Waals surface area contributed by atoms with Crippen LogP contribution in [-0.4, -0.2) is 36.6 Å². The number of benzene rings is 2. The van der Waals surface area contributed by atoms with Gasteiger partial charge in [-0.3, -0.25) is 4.79 Å². The topological polar surface area (TPSA) is 55.6 Å². The Morgan fingerprint density at radius 3 is 2.69 bits per heavy atom. The molecule has 0 aliphatic carbocycles. The molecule has 0 spiro atoms. The van der Waals surface area contributed by atoms with E-state index in [1.165, 1.54) is 17.7 Å². The van der Waals surface area contributed by atoms with Crippen molar-refractivity contribution in [2.45, 2.75) is 25.0 Å². The van der Waals surface area contributed by atoms with Crippen LogP contribution in [0.1, 0.15) is 29.2 Å². The van der Waals surface area contributed by atoms with Crippen molar-refractivity contribution in [2.75, 3.05) is 19.7 Å². The fourth-order valence-corrected chi connectivity index (χ4v) is 4.02. The van der Waals surface area contributed by atoms with Crippen molar-refractivity contribution in [1.82, 2.24) is 4.90 Å². The predicted octanol–water partition coefficient (Wildman–Crippen LogP) is 2.66. The van der Waals surface area contributed by atoms with Crippen molar-refractivity contribution in [3.05, 3.63) is 71.0 Å². The molecule has 1 fully saturated rings. The molecule has 0 unspecified atom stereocenters. The van der Waals surface area contributed by atoms with Crippen molar-refractivity contribution in [1.29, 1.82) is 0 Å². The monoisotopic (exact) mass is 354 g/mol. The van der Waals surface area contributed by atoms with Crippen LogP contribution < -0.4 is 5.73 Å². The van der Waals surface area contributed by atoms with Gasteiger partial charge in [0.05, 0.1) is 12.6 Å². The van der Waals surface area contributed by atoms with E-state index in [-0.39, 0.29) is 23.7 Å². The first-order chi connectivity index (χ1) is 12.7. The average Bonchev–Trinajstić information content (AvgIpc) is 3.16. The molecule has 26 heavy (non-hydrogen) atoms. The molecule has 2 aliphatic rings. The second-order valence-corrected chi connectivity index (χ2v) is 7.09. The van der Waals surface area contributed by atoms with Crippen molar-refractivity contribution in [3.63, 3.8) is 0 Å². The summed E-state index contributed by atoms with van der Waals surface area (Å²) in [5.41, 5.74) is 8.98. The number of hydrogen-bond acceptors (Lipinski definition) is 3. The second-order valence-electron chi connectivity index (χ2n) is 7.09. The van der Waals surface area contributed by atoms with Crippen LogP contribution in [0.5, 0.6) is 0 Å². The van der Waals surface area contributed by atoms with Gasteiger partial charge in [0.25, 0.3) is 5.91 Å². The molecule has 1 saturated heterocycles. The smallest absolute Gasteiger partial charge is 0.252 e. The summed E-state index contributed by atoms with van der Waals surface area (Å²) in [6.45, 7) is 1.71. The molecule has 2 aromatic rings. The standard InChI is InChI=1S/C21H23FN2O2/c22-17-7-5-16(6-8-17)20-18-4-2-1-3-15(18)9-10-24(20)21(25)19-11-14(12-23)13-26-19/h1-8,14,19-20H,9-13,23H2/t14-,19+,20+/m1/s1. The molecule has 0 radical (unpaired) electrons. The lowest BCUT2D eigenvalue weighted by molar-refractivity contribution is -0.143. The first-order valence-electron chi connectivity index (χ1n) is 9.13. The van der Waals surface area contributed by atoms with E-state index >= 15 is 0 Å². The first kappa shape index (κ1) is 17.2. The number of carbonyl (C=O) groups is 1. The van der Waals surface area contributed by atoms with Gasteiger partial charge in [-0.05, 0) is 54.1 Å². The van der Waals surface area contributed by atoms with E-state index in [9.17, 15) is 9.18 Å². The molecule has 5 heteroatoms. The third-order valence-electron chi connectivity index (χ3n) is 5.44. The normalized spacial score (nSPS) is 25.2. The molecule has 2 N–H and O–H groups in total. The van der Waals surface area contributed by atoms with Gasteiger partial charge < -0.3 is 15.4 Å². The predicted molar refractivity (Wildman–Crippen MR) is 97.0 cm³/mol. The molecule has 2 heterocycles. The average molecular weight is 354 g/mol. The van der Waals surface area contributed by atoms with Gasteiger partial charge in [0.15, 0.2) is 0 Å². The molecule has 0 aromatic heterocycles. The summed E-state index contributed by atoms with van der Waals surface area (Å²) in [6, 6.07) is 14.4. The number of fused-ring (bicyclic) bond motifs is 1. The molecular formula is C21H23FN2O2. The molecule has 4 nitrogen and oxygen atoms in total. The van der Waals surface area contributed by atoms with Crippen LogP contribution in [0.3, 0.4) is 0 Å². The van der Waals surface area contributed by atoms with Gasteiger partial charge in [-0.25, -0.2) is 4.39 Å². The molecule has 2 aliphatic heterocycles. The number of hydrogen-bond donors (Lipinski definition) is 1. The first-order valence-corrected chi connectivity index (χ1v) is 9.13. The third kappa shape index (κ3) is 3.13. The van der Waals surface area contributed by atoms with Gasteiger partial charge in [-0.2, -0.15) is 0 Å². The lowest BCUT2D eigenvalue weighted by Crippen LogP contribution is -2.45. The van der Waals surface area contributed by atoms with E-state index in [1.807, 2.05) is 17.0 Å². The summed E-state index contributed by atoms with van der Waals surface area (Å²) < 4.78 is 19.2. The van der Waals surface area contributed by atoms with Gasteiger partial charge in [-0.15, -0.1) is 0 Å². The van der Waals surface area contributed by atoms with Gasteiger partial charge in [-0.1, -0.05) is 36.4 Å². The maximum absolute atomic E-state index is 13.4. The molecule has 2 aromatic carbocycles. The highest BCUT2D eigenvalue weighted by Gasteiger charge is 2.38. The van der Waals surface area contributed by atoms with Gasteiger partial charge in [0.1, 0.15) is 11.9 Å². The number of nitrogens with zero attached hydrogens (tertiary/aromatic N) is 1. The van der Waals surface area contributed by atoms with Crippen LogP contribution >= 0.6 is 0 Å². The van der Waals surface area contributed by atoms with Crippen LogP contribution in [0, 0.1) is 11.7 Å². The van der Waals surface area contributed by atoms with E-state index < -0.39 is 6.10 Å². The third-order valence-corrected chi connectivity index (χ3v) is 5.44. The number of carbonyl (C=O) groups excluding carboxylic acids is 1. The van der Waals surface area contributed by atoms with Gasteiger partial charge in [0, 0.05) is 6.54 Å². The fourth-order valence-electron chi connectivity index (χ4n) is 4.02. The Kier molecular flexibility index (Phi) is 4.74. The van der Waals surface area contributed by atoms with Crippen molar-refractivity contribution in [2.24, 2.45) is 11.7 Å². The number of halogens is 1. The lowest BCUT2D eigenvalue weighted by atomic mass is 9.87. The van der Waals surface area contributed by atoms with E-state index in [1.54, 1.807) is 12.1 Å². The summed E-state index contributed by atoms with van der Waals surface area (Å²) in [7, 11) is 0. The van der Waals surface area contributed by atoms with E-state index in [0.717, 1.165) is 17.5 Å². The fraction of sp³-hybridized carbons (Fsp3) is 0.381. The minimum atomic E-state index is -0.434. The molecule has 0 bridgehead atoms.